The molecular weight excluding hydrogens is 716 g/mol. The van der Waals surface area contributed by atoms with Crippen LogP contribution in [0.2, 0.25) is 0 Å². The molecule has 0 heterocycles. The van der Waals surface area contributed by atoms with Gasteiger partial charge in [0.25, 0.3) is 0 Å². The van der Waals surface area contributed by atoms with Crippen molar-refractivity contribution in [1.29, 1.82) is 0 Å². The highest BCUT2D eigenvalue weighted by atomic mass is 16.5. The van der Waals surface area contributed by atoms with Gasteiger partial charge in [-0.1, -0.05) is 36.4 Å². The topological polar surface area (TPSA) is 328 Å². The highest BCUT2D eigenvalue weighted by Crippen LogP contribution is 2.27. The first kappa shape index (κ1) is 47.3. The van der Waals surface area contributed by atoms with Gasteiger partial charge in [-0.25, -0.2) is 20.4 Å². The number of carboxylic acids is 2. The maximum absolute atomic E-state index is 11.9. The monoisotopic (exact) mass is 774 g/mol. The predicted molar refractivity (Wildman–Crippen MR) is 209 cm³/mol. The molecule has 2 atom stereocenters. The predicted octanol–water partition coefficient (Wildman–Crippen LogP) is -1.70. The molecule has 2 aromatic rings. The summed E-state index contributed by atoms with van der Waals surface area (Å²) in [5.41, 5.74) is 34.5. The van der Waals surface area contributed by atoms with Crippen LogP contribution < -0.4 is 64.7 Å². The van der Waals surface area contributed by atoms with Gasteiger partial charge in [-0.15, -0.1) is 0 Å². The summed E-state index contributed by atoms with van der Waals surface area (Å²) in [6.07, 6.45) is 3.93. The quantitative estimate of drug-likeness (QED) is 0.0208. The number of benzene rings is 2. The zero-order valence-electron chi connectivity index (χ0n) is 31.5. The summed E-state index contributed by atoms with van der Waals surface area (Å²) >= 11 is 0. The van der Waals surface area contributed by atoms with Crippen LogP contribution in [0.25, 0.3) is 0 Å². The van der Waals surface area contributed by atoms with E-state index < -0.39 is 35.8 Å². The van der Waals surface area contributed by atoms with Crippen LogP contribution in [0.15, 0.2) is 58.5 Å². The van der Waals surface area contributed by atoms with Gasteiger partial charge in [0, 0.05) is 26.2 Å². The Kier molecular flexibility index (Phi) is 24.7. The lowest BCUT2D eigenvalue weighted by molar-refractivity contribution is -0.142. The number of ether oxygens (including phenoxy) is 2. The Labute approximate surface area is 321 Å². The molecule has 0 aliphatic heterocycles. The van der Waals surface area contributed by atoms with Crippen molar-refractivity contribution < 1.29 is 38.9 Å². The number of rotatable bonds is 27. The van der Waals surface area contributed by atoms with Gasteiger partial charge in [-0.2, -0.15) is 0 Å². The van der Waals surface area contributed by atoms with Gasteiger partial charge in [-0.3, -0.25) is 30.4 Å². The lowest BCUT2D eigenvalue weighted by atomic mass is 10.1. The lowest BCUT2D eigenvalue weighted by Crippen LogP contribution is -2.47. The summed E-state index contributed by atoms with van der Waals surface area (Å²) in [5.74, 6) is -1.80. The normalized spacial score (nSPS) is 11.5. The number of nitrogens with zero attached hydrogens (tertiary/aromatic N) is 2. The van der Waals surface area contributed by atoms with E-state index in [1.165, 1.54) is 5.56 Å². The first-order valence-corrected chi connectivity index (χ1v) is 17.7. The molecule has 16 N–H and O–H groups in total. The van der Waals surface area contributed by atoms with Gasteiger partial charge in [-0.05, 0) is 68.2 Å². The zero-order valence-corrected chi connectivity index (χ0v) is 31.5. The zero-order chi connectivity index (χ0) is 40.8. The standard InChI is InChI=1S/C18H30N6O5.C17H28N6O3/c1-28-14-6-5-12(10-15(14)29-2)7-9-22-23-11-16(25)24-13(17(26)27)4-3-8-21-18(19)20;18-17(19)20-10-5-9-14(16(25)26)23-15(24)12-22-21-11-4-8-13-6-2-1-3-7-13/h5-6,10,13,22-23H,3-4,7-9,11H2,1-2H3,(H,24,25)(H,26,27)(H4,19,20,21);1-3,6-7,14,21-22H,4-5,8-12H2,(H,23,24)(H,25,26)(H4,18,19,20)/t13-;14-/m00/s1. The fourth-order valence-electron chi connectivity index (χ4n) is 4.74. The van der Waals surface area contributed by atoms with Crippen molar-refractivity contribution in [3.63, 3.8) is 0 Å². The molecule has 55 heavy (non-hydrogen) atoms. The van der Waals surface area contributed by atoms with Gasteiger partial charge >= 0.3 is 11.9 Å². The third kappa shape index (κ3) is 23.6. The number of hydrogen-bond acceptors (Lipinski definition) is 12. The molecule has 306 valence electrons. The highest BCUT2D eigenvalue weighted by Gasteiger charge is 2.20. The van der Waals surface area contributed by atoms with Crippen LogP contribution in [-0.4, -0.2) is 111 Å². The van der Waals surface area contributed by atoms with Crippen LogP contribution in [0.1, 0.15) is 43.2 Å². The minimum atomic E-state index is -1.11. The number of carbonyl (C=O) groups excluding carboxylic acids is 2. The fraction of sp³-hybridized carbons (Fsp3) is 0.486. The number of hydrazine groups is 2. The average Bonchev–Trinajstić information content (AvgIpc) is 3.15. The number of methoxy groups -OCH3 is 2. The van der Waals surface area contributed by atoms with Crippen molar-refractivity contribution in [3.05, 3.63) is 59.7 Å². The number of nitrogens with two attached hydrogens (primary N) is 4. The van der Waals surface area contributed by atoms with Crippen LogP contribution in [-0.2, 0) is 32.0 Å². The number of guanidine groups is 2. The van der Waals surface area contributed by atoms with Crippen LogP contribution in [0, 0.1) is 0 Å². The molecule has 0 spiro atoms. The molecule has 20 heteroatoms. The van der Waals surface area contributed by atoms with E-state index in [9.17, 15) is 24.3 Å². The van der Waals surface area contributed by atoms with Crippen molar-refractivity contribution in [3.8, 4) is 11.5 Å². The SMILES string of the molecule is COc1ccc(CCNNCC(=O)N[C@@H](CCCN=C(N)N)C(=O)O)cc1OC.NC(N)=NCCC[C@H](NC(=O)CNNCCCc1ccccc1)C(=O)O. The maximum atomic E-state index is 11.9. The van der Waals surface area contributed by atoms with Crippen LogP contribution >= 0.6 is 0 Å². The molecule has 2 amide bonds. The summed E-state index contributed by atoms with van der Waals surface area (Å²) in [7, 11) is 3.15. The summed E-state index contributed by atoms with van der Waals surface area (Å²) in [6.45, 7) is 1.81. The summed E-state index contributed by atoms with van der Waals surface area (Å²) in [5, 5.41) is 23.3. The van der Waals surface area contributed by atoms with Crippen LogP contribution in [0.5, 0.6) is 11.5 Å². The molecule has 2 aromatic carbocycles. The second kappa shape index (κ2) is 28.8. The summed E-state index contributed by atoms with van der Waals surface area (Å²) < 4.78 is 10.5. The minimum Gasteiger partial charge on any atom is -0.493 e. The van der Waals surface area contributed by atoms with Crippen molar-refractivity contribution >= 4 is 35.7 Å². The van der Waals surface area contributed by atoms with E-state index in [1.54, 1.807) is 14.2 Å². The number of hydrogen-bond donors (Lipinski definition) is 12. The van der Waals surface area contributed by atoms with Crippen molar-refractivity contribution in [2.75, 3.05) is 53.5 Å². The molecule has 0 aliphatic rings. The molecule has 0 aromatic heterocycles. The number of nitrogens with one attached hydrogen (secondary N) is 6. The van der Waals surface area contributed by atoms with Gasteiger partial charge in [0.2, 0.25) is 11.8 Å². The Morgan fingerprint density at radius 1 is 0.636 bits per heavy atom. The van der Waals surface area contributed by atoms with Crippen molar-refractivity contribution in [2.45, 2.75) is 57.0 Å². The van der Waals surface area contributed by atoms with E-state index >= 15 is 0 Å². The number of aryl methyl sites for hydroxylation is 1. The summed E-state index contributed by atoms with van der Waals surface area (Å²) in [6, 6.07) is 13.8. The number of aliphatic carboxylic acids is 2. The Morgan fingerprint density at radius 3 is 1.62 bits per heavy atom. The first-order valence-electron chi connectivity index (χ1n) is 17.7. The molecule has 0 fully saturated rings. The molecular formula is C35H58N12O8. The lowest BCUT2D eigenvalue weighted by Gasteiger charge is -2.15. The second-order valence-electron chi connectivity index (χ2n) is 11.9. The molecule has 0 bridgehead atoms. The Hall–Kier alpha value is -5.70. The molecule has 0 unspecified atom stereocenters. The molecule has 0 radical (unpaired) electrons. The van der Waals surface area contributed by atoms with Gasteiger partial charge in [0.05, 0.1) is 27.3 Å². The van der Waals surface area contributed by atoms with Gasteiger partial charge in [0.1, 0.15) is 12.1 Å². The second-order valence-corrected chi connectivity index (χ2v) is 11.9. The van der Waals surface area contributed by atoms with E-state index in [0.29, 0.717) is 56.9 Å². The highest BCUT2D eigenvalue weighted by molar-refractivity contribution is 5.85. The number of amides is 2. The molecule has 2 rings (SSSR count). The van der Waals surface area contributed by atoms with E-state index in [0.717, 1.165) is 18.4 Å². The van der Waals surface area contributed by atoms with Crippen molar-refractivity contribution in [2.24, 2.45) is 32.9 Å². The maximum Gasteiger partial charge on any atom is 0.326 e. The number of aliphatic imine (C=N–C) groups is 2. The Morgan fingerprint density at radius 2 is 1.15 bits per heavy atom. The molecule has 20 nitrogen and oxygen atoms in total. The minimum absolute atomic E-state index is 0.0109. The van der Waals surface area contributed by atoms with Crippen molar-refractivity contribution in [1.82, 2.24) is 32.3 Å². The Balaban J connectivity index is 0.000000553. The summed E-state index contributed by atoms with van der Waals surface area (Å²) in [4.78, 5) is 53.7. The molecule has 0 saturated carbocycles. The number of carbonyl (C=O) groups is 4. The third-order valence-electron chi connectivity index (χ3n) is 7.50. The van der Waals surface area contributed by atoms with Crippen LogP contribution in [0.3, 0.4) is 0 Å². The van der Waals surface area contributed by atoms with E-state index in [-0.39, 0.29) is 37.9 Å². The Bertz CT molecular complexity index is 1490. The largest absolute Gasteiger partial charge is 0.493 e. The fourth-order valence-corrected chi connectivity index (χ4v) is 4.74. The first-order chi connectivity index (χ1) is 26.4. The number of carboxylic acid groups (broad SMARTS) is 2. The van der Waals surface area contributed by atoms with Crippen LogP contribution in [0.4, 0.5) is 0 Å². The van der Waals surface area contributed by atoms with Gasteiger partial charge < -0.3 is 53.3 Å². The van der Waals surface area contributed by atoms with E-state index in [2.05, 4.69) is 54.5 Å². The van der Waals surface area contributed by atoms with Gasteiger partial charge in [0.15, 0.2) is 23.4 Å². The third-order valence-corrected chi connectivity index (χ3v) is 7.50. The smallest absolute Gasteiger partial charge is 0.326 e. The average molecular weight is 775 g/mol. The van der Waals surface area contributed by atoms with E-state index in [1.807, 2.05) is 36.4 Å². The molecule has 0 aliphatic carbocycles. The molecule has 0 saturated heterocycles. The van der Waals surface area contributed by atoms with E-state index in [4.69, 9.17) is 37.5 Å².